The predicted molar refractivity (Wildman–Crippen MR) is 77.4 cm³/mol. The second kappa shape index (κ2) is 7.67. The minimum absolute atomic E-state index is 0.0613. The van der Waals surface area contributed by atoms with E-state index in [9.17, 15) is 4.79 Å². The molecule has 1 saturated heterocycles. The van der Waals surface area contributed by atoms with Gasteiger partial charge in [0, 0.05) is 39.4 Å². The van der Waals surface area contributed by atoms with Crippen molar-refractivity contribution in [2.45, 2.75) is 0 Å². The number of hydrogen-bond donors (Lipinski definition) is 1. The van der Waals surface area contributed by atoms with Crippen LogP contribution in [0.2, 0.25) is 0 Å². The number of rotatable bonds is 5. The average Bonchev–Trinajstić information content (AvgIpc) is 2.52. The number of methoxy groups -OCH3 is 1. The van der Waals surface area contributed by atoms with Crippen molar-refractivity contribution in [2.24, 2.45) is 0 Å². The van der Waals surface area contributed by atoms with E-state index in [1.54, 1.807) is 13.2 Å². The van der Waals surface area contributed by atoms with Crippen molar-refractivity contribution in [2.75, 3.05) is 40.1 Å². The number of nitrogens with zero attached hydrogens (tertiary/aromatic N) is 1. The van der Waals surface area contributed by atoms with Crippen molar-refractivity contribution in [3.05, 3.63) is 35.9 Å². The highest BCUT2D eigenvalue weighted by Crippen LogP contribution is 2.13. The molecule has 1 aromatic rings. The maximum absolute atomic E-state index is 11.9. The quantitative estimate of drug-likeness (QED) is 0.646. The fraction of sp³-hybridized carbons (Fsp3) is 0.400. The van der Waals surface area contributed by atoms with Gasteiger partial charge in [0.2, 0.25) is 5.91 Å². The summed E-state index contributed by atoms with van der Waals surface area (Å²) in [5.74, 6) is 0.809. The number of nitrogens with one attached hydrogen (secondary N) is 1. The molecule has 1 aliphatic rings. The highest BCUT2D eigenvalue weighted by Gasteiger charge is 2.12. The standard InChI is InChI=1S/C15H20N2O3/c1-19-12-20-14-5-2-13(3-6-14)4-7-15(18)17-10-8-16-9-11-17/h2-7,16H,8-12H2,1H3/b7-4+. The number of piperazine rings is 1. The van der Waals surface area contributed by atoms with Crippen molar-refractivity contribution in [1.82, 2.24) is 10.2 Å². The van der Waals surface area contributed by atoms with Gasteiger partial charge >= 0.3 is 0 Å². The van der Waals surface area contributed by atoms with Crippen LogP contribution in [0.3, 0.4) is 0 Å². The highest BCUT2D eigenvalue weighted by atomic mass is 16.7. The zero-order chi connectivity index (χ0) is 14.2. The summed E-state index contributed by atoms with van der Waals surface area (Å²) in [6.07, 6.45) is 3.45. The van der Waals surface area contributed by atoms with Gasteiger partial charge in [0.15, 0.2) is 6.79 Å². The van der Waals surface area contributed by atoms with Crippen molar-refractivity contribution in [1.29, 1.82) is 0 Å². The van der Waals surface area contributed by atoms with Gasteiger partial charge in [0.05, 0.1) is 0 Å². The van der Waals surface area contributed by atoms with E-state index in [0.29, 0.717) is 0 Å². The molecule has 1 aromatic carbocycles. The number of carbonyl (C=O) groups excluding carboxylic acids is 1. The molecule has 1 heterocycles. The monoisotopic (exact) mass is 276 g/mol. The van der Waals surface area contributed by atoms with Gasteiger partial charge in [-0.15, -0.1) is 0 Å². The van der Waals surface area contributed by atoms with E-state index in [0.717, 1.165) is 37.5 Å². The Hall–Kier alpha value is -1.85. The first kappa shape index (κ1) is 14.6. The Bertz CT molecular complexity index is 451. The molecule has 2 rings (SSSR count). The molecule has 0 aliphatic carbocycles. The summed E-state index contributed by atoms with van der Waals surface area (Å²) < 4.78 is 10.1. The van der Waals surface area contributed by atoms with Gasteiger partial charge in [-0.1, -0.05) is 12.1 Å². The molecule has 1 amide bonds. The van der Waals surface area contributed by atoms with Gasteiger partial charge in [-0.25, -0.2) is 0 Å². The first-order valence-corrected chi connectivity index (χ1v) is 6.69. The molecule has 20 heavy (non-hydrogen) atoms. The summed E-state index contributed by atoms with van der Waals surface area (Å²) in [5, 5.41) is 3.22. The molecule has 0 aromatic heterocycles. The van der Waals surface area contributed by atoms with Gasteiger partial charge in [-0.2, -0.15) is 0 Å². The van der Waals surface area contributed by atoms with Crippen LogP contribution in [-0.4, -0.2) is 50.9 Å². The first-order valence-electron chi connectivity index (χ1n) is 6.69. The zero-order valence-corrected chi connectivity index (χ0v) is 11.7. The summed E-state index contributed by atoms with van der Waals surface area (Å²) in [5.41, 5.74) is 0.971. The summed E-state index contributed by atoms with van der Waals surface area (Å²) >= 11 is 0. The summed E-state index contributed by atoms with van der Waals surface area (Å²) in [6, 6.07) is 7.53. The molecule has 0 saturated carbocycles. The van der Waals surface area contributed by atoms with Gasteiger partial charge in [-0.05, 0) is 23.8 Å². The lowest BCUT2D eigenvalue weighted by Gasteiger charge is -2.26. The lowest BCUT2D eigenvalue weighted by atomic mass is 10.2. The van der Waals surface area contributed by atoms with Gasteiger partial charge in [0.1, 0.15) is 5.75 Å². The van der Waals surface area contributed by atoms with Crippen LogP contribution in [0.4, 0.5) is 0 Å². The number of ether oxygens (including phenoxy) is 2. The van der Waals surface area contributed by atoms with Crippen LogP contribution in [0.1, 0.15) is 5.56 Å². The Morgan fingerprint density at radius 3 is 2.65 bits per heavy atom. The number of carbonyl (C=O) groups is 1. The Labute approximate surface area is 119 Å². The SMILES string of the molecule is COCOc1ccc(/C=C/C(=O)N2CCNCC2)cc1. The van der Waals surface area contributed by atoms with Crippen LogP contribution in [-0.2, 0) is 9.53 Å². The number of benzene rings is 1. The Morgan fingerprint density at radius 1 is 1.30 bits per heavy atom. The third-order valence-electron chi connectivity index (χ3n) is 3.07. The van der Waals surface area contributed by atoms with Gasteiger partial charge in [0.25, 0.3) is 0 Å². The Kier molecular flexibility index (Phi) is 5.58. The van der Waals surface area contributed by atoms with Crippen LogP contribution in [0.25, 0.3) is 6.08 Å². The number of hydrogen-bond acceptors (Lipinski definition) is 4. The summed E-state index contributed by atoms with van der Waals surface area (Å²) in [6.45, 7) is 3.51. The third-order valence-corrected chi connectivity index (χ3v) is 3.07. The molecule has 108 valence electrons. The fourth-order valence-electron chi connectivity index (χ4n) is 1.96. The smallest absolute Gasteiger partial charge is 0.246 e. The maximum Gasteiger partial charge on any atom is 0.246 e. The van der Waals surface area contributed by atoms with Crippen molar-refractivity contribution in [3.8, 4) is 5.75 Å². The van der Waals surface area contributed by atoms with E-state index in [1.165, 1.54) is 0 Å². The summed E-state index contributed by atoms with van der Waals surface area (Å²) in [4.78, 5) is 13.8. The molecular weight excluding hydrogens is 256 g/mol. The second-order valence-corrected chi connectivity index (χ2v) is 4.53. The van der Waals surface area contributed by atoms with E-state index < -0.39 is 0 Å². The van der Waals surface area contributed by atoms with Crippen LogP contribution in [0.15, 0.2) is 30.3 Å². The van der Waals surface area contributed by atoms with E-state index in [-0.39, 0.29) is 12.7 Å². The average molecular weight is 276 g/mol. The highest BCUT2D eigenvalue weighted by molar-refractivity contribution is 5.91. The molecule has 0 atom stereocenters. The zero-order valence-electron chi connectivity index (χ0n) is 11.7. The summed E-state index contributed by atoms with van der Waals surface area (Å²) in [7, 11) is 1.58. The first-order chi connectivity index (χ1) is 9.79. The topological polar surface area (TPSA) is 50.8 Å². The molecule has 1 N–H and O–H groups in total. The van der Waals surface area contributed by atoms with Crippen molar-refractivity contribution in [3.63, 3.8) is 0 Å². The largest absolute Gasteiger partial charge is 0.468 e. The molecule has 0 unspecified atom stereocenters. The third kappa shape index (κ3) is 4.36. The van der Waals surface area contributed by atoms with E-state index >= 15 is 0 Å². The maximum atomic E-state index is 11.9. The normalized spacial score (nSPS) is 15.6. The van der Waals surface area contributed by atoms with Gasteiger partial charge < -0.3 is 19.7 Å². The molecule has 1 aliphatic heterocycles. The fourth-order valence-corrected chi connectivity index (χ4v) is 1.96. The Morgan fingerprint density at radius 2 is 2.00 bits per heavy atom. The Balaban J connectivity index is 1.88. The second-order valence-electron chi connectivity index (χ2n) is 4.53. The van der Waals surface area contributed by atoms with Gasteiger partial charge in [-0.3, -0.25) is 4.79 Å². The van der Waals surface area contributed by atoms with Crippen molar-refractivity contribution < 1.29 is 14.3 Å². The van der Waals surface area contributed by atoms with Crippen molar-refractivity contribution >= 4 is 12.0 Å². The molecule has 0 spiro atoms. The van der Waals surface area contributed by atoms with Crippen LogP contribution in [0, 0.1) is 0 Å². The number of amides is 1. The van der Waals surface area contributed by atoms with Crippen LogP contribution < -0.4 is 10.1 Å². The van der Waals surface area contributed by atoms with Crippen LogP contribution in [0.5, 0.6) is 5.75 Å². The minimum Gasteiger partial charge on any atom is -0.468 e. The molecule has 0 bridgehead atoms. The van der Waals surface area contributed by atoms with E-state index in [4.69, 9.17) is 9.47 Å². The molecule has 1 fully saturated rings. The van der Waals surface area contributed by atoms with E-state index in [2.05, 4.69) is 5.32 Å². The molecule has 5 heteroatoms. The van der Waals surface area contributed by atoms with E-state index in [1.807, 2.05) is 35.2 Å². The molecule has 5 nitrogen and oxygen atoms in total. The van der Waals surface area contributed by atoms with Crippen LogP contribution >= 0.6 is 0 Å². The molecule has 0 radical (unpaired) electrons. The molecular formula is C15H20N2O3. The lowest BCUT2D eigenvalue weighted by Crippen LogP contribution is -2.45. The predicted octanol–water partition coefficient (Wildman–Crippen LogP) is 1.11. The minimum atomic E-state index is 0.0613. The lowest BCUT2D eigenvalue weighted by molar-refractivity contribution is -0.126.